The summed E-state index contributed by atoms with van der Waals surface area (Å²) in [5, 5.41) is 12.9. The van der Waals surface area contributed by atoms with Crippen molar-refractivity contribution in [3.05, 3.63) is 82.3 Å². The van der Waals surface area contributed by atoms with Gasteiger partial charge in [-0.3, -0.25) is 4.90 Å². The van der Waals surface area contributed by atoms with E-state index in [0.29, 0.717) is 52.9 Å². The van der Waals surface area contributed by atoms with E-state index in [2.05, 4.69) is 21.0 Å². The lowest BCUT2D eigenvalue weighted by molar-refractivity contribution is 0.210. The van der Waals surface area contributed by atoms with Gasteiger partial charge in [0.1, 0.15) is 0 Å². The molecule has 0 radical (unpaired) electrons. The second kappa shape index (κ2) is 12.8. The molecule has 11 heteroatoms. The maximum atomic E-state index is 13.5. The zero-order valence-electron chi connectivity index (χ0n) is 21.4. The number of hydrogen-bond acceptors (Lipinski definition) is 5. The number of piperidine rings is 1. The highest BCUT2D eigenvalue weighted by molar-refractivity contribution is 7.88. The molecule has 3 aromatic carbocycles. The van der Waals surface area contributed by atoms with Crippen LogP contribution in [0.5, 0.6) is 0 Å². The molecule has 4 rings (SSSR count). The van der Waals surface area contributed by atoms with E-state index in [9.17, 15) is 18.5 Å². The lowest BCUT2D eigenvalue weighted by Crippen LogP contribution is -2.47. The lowest BCUT2D eigenvalue weighted by Gasteiger charge is -2.33. The van der Waals surface area contributed by atoms with Crippen molar-refractivity contribution in [2.24, 2.45) is 0 Å². The number of nitriles is 1. The van der Waals surface area contributed by atoms with Gasteiger partial charge in [0.15, 0.2) is 0 Å². The fraction of sp³-hybridized carbons (Fsp3) is 0.286. The van der Waals surface area contributed by atoms with Gasteiger partial charge in [-0.2, -0.15) is 5.26 Å². The molecular weight excluding hydrogens is 557 g/mol. The van der Waals surface area contributed by atoms with Crippen LogP contribution in [0.2, 0.25) is 10.0 Å². The molecule has 8 nitrogen and oxygen atoms in total. The molecule has 1 saturated heterocycles. The molecule has 0 spiro atoms. The Labute approximate surface area is 239 Å². The fourth-order valence-corrected chi connectivity index (χ4v) is 5.95. The summed E-state index contributed by atoms with van der Waals surface area (Å²) in [6, 6.07) is 21.6. The number of nitrogens with zero attached hydrogens (tertiary/aromatic N) is 3. The van der Waals surface area contributed by atoms with Gasteiger partial charge in [0.2, 0.25) is 10.0 Å². The molecule has 0 aromatic heterocycles. The molecule has 2 amide bonds. The van der Waals surface area contributed by atoms with Crippen LogP contribution in [-0.2, 0) is 10.0 Å². The Hall–Kier alpha value is -3.13. The van der Waals surface area contributed by atoms with Gasteiger partial charge in [-0.25, -0.2) is 17.9 Å². The largest absolute Gasteiger partial charge is 0.326 e. The molecule has 0 saturated carbocycles. The third-order valence-corrected chi connectivity index (χ3v) is 7.67. The average molecular weight is 587 g/mol. The highest BCUT2D eigenvalue weighted by Gasteiger charge is 2.23. The number of urea groups is 1. The lowest BCUT2D eigenvalue weighted by atomic mass is 10.0. The molecule has 0 atom stereocenters. The van der Waals surface area contributed by atoms with Crippen LogP contribution < -0.4 is 14.9 Å². The van der Waals surface area contributed by atoms with Crippen molar-refractivity contribution < 1.29 is 13.2 Å². The molecule has 204 valence electrons. The maximum absolute atomic E-state index is 13.5. The van der Waals surface area contributed by atoms with Crippen molar-refractivity contribution in [3.63, 3.8) is 0 Å². The number of benzene rings is 3. The van der Waals surface area contributed by atoms with Crippen LogP contribution in [0, 0.1) is 11.3 Å². The van der Waals surface area contributed by atoms with Gasteiger partial charge in [-0.05, 0) is 79.5 Å². The predicted molar refractivity (Wildman–Crippen MR) is 157 cm³/mol. The van der Waals surface area contributed by atoms with E-state index >= 15 is 0 Å². The van der Waals surface area contributed by atoms with Gasteiger partial charge in [0, 0.05) is 40.6 Å². The molecule has 3 aromatic rings. The molecule has 2 N–H and O–H groups in total. The standard InChI is InChI=1S/C28H29Cl2N5O3S/c1-39(37,38)33-25-9-11-34(12-10-25)13-14-35(28(36)32-26-17-23(29)16-24(30)18-26)27-7-5-21(6-8-27)22-4-2-3-20(15-22)19-31/h2-8,15-18,25,33H,9-14H2,1H3,(H,32,36). The van der Waals surface area contributed by atoms with E-state index in [4.69, 9.17) is 23.2 Å². The molecule has 1 fully saturated rings. The molecule has 1 aliphatic rings. The molecule has 0 bridgehead atoms. The Morgan fingerprint density at radius 2 is 1.69 bits per heavy atom. The number of sulfonamides is 1. The van der Waals surface area contributed by atoms with Gasteiger partial charge in [0.25, 0.3) is 0 Å². The number of carbonyl (C=O) groups excluding carboxylic acids is 1. The number of halogens is 2. The first-order chi connectivity index (χ1) is 18.6. The minimum absolute atomic E-state index is 0.0738. The van der Waals surface area contributed by atoms with E-state index in [1.165, 1.54) is 6.26 Å². The third kappa shape index (κ3) is 8.43. The monoisotopic (exact) mass is 585 g/mol. The van der Waals surface area contributed by atoms with E-state index in [-0.39, 0.29) is 12.1 Å². The van der Waals surface area contributed by atoms with Crippen LogP contribution in [0.1, 0.15) is 18.4 Å². The van der Waals surface area contributed by atoms with Crippen LogP contribution in [0.4, 0.5) is 16.2 Å². The Morgan fingerprint density at radius 1 is 1.03 bits per heavy atom. The van der Waals surface area contributed by atoms with Gasteiger partial charge < -0.3 is 10.2 Å². The normalized spacial score (nSPS) is 14.5. The molecule has 1 heterocycles. The summed E-state index contributed by atoms with van der Waals surface area (Å²) >= 11 is 12.2. The van der Waals surface area contributed by atoms with E-state index in [1.54, 1.807) is 29.2 Å². The Morgan fingerprint density at radius 3 is 2.31 bits per heavy atom. The summed E-state index contributed by atoms with van der Waals surface area (Å²) in [6.45, 7) is 2.47. The average Bonchev–Trinajstić information content (AvgIpc) is 2.88. The number of carbonyl (C=O) groups is 1. The van der Waals surface area contributed by atoms with E-state index in [1.807, 2.05) is 42.5 Å². The number of amides is 2. The van der Waals surface area contributed by atoms with E-state index in [0.717, 1.165) is 24.2 Å². The summed E-state index contributed by atoms with van der Waals surface area (Å²) in [6.07, 6.45) is 2.59. The van der Waals surface area contributed by atoms with Crippen molar-refractivity contribution in [1.29, 1.82) is 5.26 Å². The highest BCUT2D eigenvalue weighted by Crippen LogP contribution is 2.26. The van der Waals surface area contributed by atoms with Crippen LogP contribution in [0.25, 0.3) is 11.1 Å². The zero-order chi connectivity index (χ0) is 28.0. The maximum Gasteiger partial charge on any atom is 0.326 e. The topological polar surface area (TPSA) is 106 Å². The zero-order valence-corrected chi connectivity index (χ0v) is 23.7. The first-order valence-corrected chi connectivity index (χ1v) is 15.1. The van der Waals surface area contributed by atoms with Crippen molar-refractivity contribution in [1.82, 2.24) is 9.62 Å². The Kier molecular flexibility index (Phi) is 9.49. The molecule has 0 aliphatic carbocycles. The first-order valence-electron chi connectivity index (χ1n) is 12.4. The molecule has 39 heavy (non-hydrogen) atoms. The first kappa shape index (κ1) is 28.9. The van der Waals surface area contributed by atoms with Crippen molar-refractivity contribution in [3.8, 4) is 17.2 Å². The minimum Gasteiger partial charge on any atom is -0.307 e. The Balaban J connectivity index is 1.50. The van der Waals surface area contributed by atoms with Gasteiger partial charge in [0.05, 0.1) is 17.9 Å². The van der Waals surface area contributed by atoms with Crippen molar-refractivity contribution in [2.75, 3.05) is 42.7 Å². The van der Waals surface area contributed by atoms with Gasteiger partial charge in [-0.1, -0.05) is 47.5 Å². The third-order valence-electron chi connectivity index (χ3n) is 6.47. The summed E-state index contributed by atoms with van der Waals surface area (Å²) in [7, 11) is -3.24. The van der Waals surface area contributed by atoms with Crippen LogP contribution >= 0.6 is 23.2 Å². The fourth-order valence-electron chi connectivity index (χ4n) is 4.59. The molecular formula is C28H29Cl2N5O3S. The number of nitrogens with one attached hydrogen (secondary N) is 2. The number of likely N-dealkylation sites (tertiary alicyclic amines) is 1. The summed E-state index contributed by atoms with van der Waals surface area (Å²) in [5.74, 6) is 0. The Bertz CT molecular complexity index is 1450. The van der Waals surface area contributed by atoms with Crippen LogP contribution in [-0.4, -0.2) is 57.8 Å². The van der Waals surface area contributed by atoms with Gasteiger partial charge >= 0.3 is 6.03 Å². The number of rotatable bonds is 8. The summed E-state index contributed by atoms with van der Waals surface area (Å²) < 4.78 is 25.8. The van der Waals surface area contributed by atoms with Crippen LogP contribution in [0.3, 0.4) is 0 Å². The smallest absolute Gasteiger partial charge is 0.307 e. The SMILES string of the molecule is CS(=O)(=O)NC1CCN(CCN(C(=O)Nc2cc(Cl)cc(Cl)c2)c2ccc(-c3cccc(C#N)c3)cc2)CC1. The van der Waals surface area contributed by atoms with E-state index < -0.39 is 10.0 Å². The predicted octanol–water partition coefficient (Wildman–Crippen LogP) is 5.58. The quantitative estimate of drug-likeness (QED) is 0.359. The molecule has 0 unspecified atom stereocenters. The minimum atomic E-state index is -3.24. The van der Waals surface area contributed by atoms with Crippen molar-refractivity contribution in [2.45, 2.75) is 18.9 Å². The van der Waals surface area contributed by atoms with Crippen LogP contribution in [0.15, 0.2) is 66.7 Å². The summed E-state index contributed by atoms with van der Waals surface area (Å²) in [4.78, 5) is 17.3. The number of hydrogen-bond donors (Lipinski definition) is 2. The molecule has 1 aliphatic heterocycles. The number of anilines is 2. The van der Waals surface area contributed by atoms with Gasteiger partial charge in [-0.15, -0.1) is 0 Å². The second-order valence-corrected chi connectivity index (χ2v) is 12.1. The second-order valence-electron chi connectivity index (χ2n) is 9.49. The van der Waals surface area contributed by atoms with Crippen molar-refractivity contribution >= 4 is 50.6 Å². The highest BCUT2D eigenvalue weighted by atomic mass is 35.5. The summed E-state index contributed by atoms with van der Waals surface area (Å²) in [5.41, 5.74) is 3.61.